The lowest BCUT2D eigenvalue weighted by Gasteiger charge is -2.02. The molecule has 0 aromatic carbocycles. The summed E-state index contributed by atoms with van der Waals surface area (Å²) >= 11 is 1.34. The molecule has 17 heavy (non-hydrogen) atoms. The Kier molecular flexibility index (Phi) is 3.57. The van der Waals surface area contributed by atoms with Crippen molar-refractivity contribution in [1.29, 1.82) is 0 Å². The third-order valence-corrected chi connectivity index (χ3v) is 4.65. The van der Waals surface area contributed by atoms with Crippen LogP contribution < -0.4 is 10.5 Å². The fourth-order valence-electron chi connectivity index (χ4n) is 1.24. The van der Waals surface area contributed by atoms with Gasteiger partial charge in [-0.15, -0.1) is 11.3 Å². The molecule has 6 nitrogen and oxygen atoms in total. The molecule has 0 unspecified atom stereocenters. The molecule has 2 aromatic heterocycles. The molecule has 0 aliphatic rings. The van der Waals surface area contributed by atoms with Gasteiger partial charge in [-0.1, -0.05) is 0 Å². The van der Waals surface area contributed by atoms with Crippen molar-refractivity contribution in [2.24, 2.45) is 5.73 Å². The van der Waals surface area contributed by atoms with Gasteiger partial charge in [0.2, 0.25) is 10.0 Å². The molecule has 8 heteroatoms. The summed E-state index contributed by atoms with van der Waals surface area (Å²) in [5.41, 5.74) is 6.22. The maximum atomic E-state index is 11.9. The zero-order valence-electron chi connectivity index (χ0n) is 8.88. The second-order valence-electron chi connectivity index (χ2n) is 3.38. The van der Waals surface area contributed by atoms with Crippen molar-refractivity contribution in [2.75, 3.05) is 0 Å². The van der Waals surface area contributed by atoms with Crippen molar-refractivity contribution < 1.29 is 8.42 Å². The lowest BCUT2D eigenvalue weighted by Crippen LogP contribution is -2.22. The zero-order valence-corrected chi connectivity index (χ0v) is 10.5. The molecule has 2 rings (SSSR count). The van der Waals surface area contributed by atoms with Crippen LogP contribution in [0, 0.1) is 0 Å². The molecule has 0 fully saturated rings. The minimum Gasteiger partial charge on any atom is -0.326 e. The summed E-state index contributed by atoms with van der Waals surface area (Å²) in [5, 5.41) is 7.94. The number of sulfonamides is 1. The second-order valence-corrected chi connectivity index (χ2v) is 6.15. The highest BCUT2D eigenvalue weighted by molar-refractivity contribution is 7.89. The molecule has 0 aliphatic heterocycles. The molecule has 2 aromatic rings. The Labute approximate surface area is 103 Å². The number of hydrogen-bond donors (Lipinski definition) is 3. The first-order valence-corrected chi connectivity index (χ1v) is 7.23. The fourth-order valence-corrected chi connectivity index (χ4v) is 3.42. The number of aromatic nitrogens is 2. The van der Waals surface area contributed by atoms with Gasteiger partial charge in [0, 0.05) is 35.1 Å². The van der Waals surface area contributed by atoms with E-state index in [0.717, 1.165) is 10.4 Å². The lowest BCUT2D eigenvalue weighted by molar-refractivity contribution is 0.581. The SMILES string of the molecule is NCc1cc(S(=O)(=O)NCc2cn[nH]c2)cs1. The Morgan fingerprint density at radius 2 is 2.35 bits per heavy atom. The number of nitrogens with two attached hydrogens (primary N) is 1. The quantitative estimate of drug-likeness (QED) is 0.733. The van der Waals surface area contributed by atoms with Gasteiger partial charge in [-0.25, -0.2) is 13.1 Å². The maximum absolute atomic E-state index is 11.9. The number of hydrogen-bond acceptors (Lipinski definition) is 5. The molecule has 0 saturated carbocycles. The summed E-state index contributed by atoms with van der Waals surface area (Å²) < 4.78 is 26.3. The minimum absolute atomic E-state index is 0.215. The third kappa shape index (κ3) is 2.91. The van der Waals surface area contributed by atoms with Crippen LogP contribution in [0.5, 0.6) is 0 Å². The Morgan fingerprint density at radius 1 is 1.53 bits per heavy atom. The summed E-state index contributed by atoms with van der Waals surface area (Å²) in [6.07, 6.45) is 3.21. The van der Waals surface area contributed by atoms with Crippen LogP contribution in [0.2, 0.25) is 0 Å². The van der Waals surface area contributed by atoms with Crippen LogP contribution >= 0.6 is 11.3 Å². The molecule has 2 heterocycles. The molecule has 92 valence electrons. The van der Waals surface area contributed by atoms with Crippen LogP contribution in [0.1, 0.15) is 10.4 Å². The Balaban J connectivity index is 2.08. The fraction of sp³-hybridized carbons (Fsp3) is 0.222. The molecule has 0 atom stereocenters. The van der Waals surface area contributed by atoms with E-state index in [-0.39, 0.29) is 11.4 Å². The van der Waals surface area contributed by atoms with Gasteiger partial charge in [0.1, 0.15) is 0 Å². The topological polar surface area (TPSA) is 101 Å². The molecule has 0 radical (unpaired) electrons. The maximum Gasteiger partial charge on any atom is 0.241 e. The predicted octanol–water partition coefficient (Wildman–Crippen LogP) is 0.408. The van der Waals surface area contributed by atoms with Gasteiger partial charge in [0.15, 0.2) is 0 Å². The molecule has 0 aliphatic carbocycles. The van der Waals surface area contributed by atoms with E-state index in [2.05, 4.69) is 14.9 Å². The summed E-state index contributed by atoms with van der Waals surface area (Å²) in [7, 11) is -3.46. The zero-order chi connectivity index (χ0) is 12.3. The van der Waals surface area contributed by atoms with Gasteiger partial charge in [-0.3, -0.25) is 5.10 Å². The Morgan fingerprint density at radius 3 is 2.94 bits per heavy atom. The summed E-state index contributed by atoms with van der Waals surface area (Å²) in [4.78, 5) is 1.10. The van der Waals surface area contributed by atoms with Crippen molar-refractivity contribution in [3.05, 3.63) is 34.3 Å². The van der Waals surface area contributed by atoms with Gasteiger partial charge < -0.3 is 5.73 Å². The highest BCUT2D eigenvalue weighted by Crippen LogP contribution is 2.18. The predicted molar refractivity (Wildman–Crippen MR) is 64.8 cm³/mol. The molecule has 4 N–H and O–H groups in total. The van der Waals surface area contributed by atoms with Crippen LogP contribution in [-0.4, -0.2) is 18.6 Å². The number of nitrogens with one attached hydrogen (secondary N) is 2. The number of nitrogens with zero attached hydrogens (tertiary/aromatic N) is 1. The first-order valence-electron chi connectivity index (χ1n) is 4.86. The molecular weight excluding hydrogens is 260 g/mol. The van der Waals surface area contributed by atoms with Gasteiger partial charge in [0.25, 0.3) is 0 Å². The van der Waals surface area contributed by atoms with E-state index >= 15 is 0 Å². The summed E-state index contributed by atoms with van der Waals surface area (Å²) in [5.74, 6) is 0. The smallest absolute Gasteiger partial charge is 0.241 e. The van der Waals surface area contributed by atoms with E-state index in [1.165, 1.54) is 11.3 Å². The van der Waals surface area contributed by atoms with E-state index < -0.39 is 10.0 Å². The number of rotatable bonds is 5. The van der Waals surface area contributed by atoms with E-state index in [1.54, 1.807) is 23.8 Å². The standard InChI is InChI=1S/C9H12N4O2S2/c10-2-8-1-9(6-16-8)17(14,15)13-5-7-3-11-12-4-7/h1,3-4,6,13H,2,5,10H2,(H,11,12). The van der Waals surface area contributed by atoms with Crippen LogP contribution in [0.4, 0.5) is 0 Å². The van der Waals surface area contributed by atoms with Gasteiger partial charge in [-0.2, -0.15) is 5.10 Å². The van der Waals surface area contributed by atoms with Crippen LogP contribution in [0.3, 0.4) is 0 Å². The largest absolute Gasteiger partial charge is 0.326 e. The molecule has 0 amide bonds. The van der Waals surface area contributed by atoms with Crippen LogP contribution in [-0.2, 0) is 23.1 Å². The van der Waals surface area contributed by atoms with Crippen LogP contribution in [0.15, 0.2) is 28.7 Å². The molecule has 0 bridgehead atoms. The molecular formula is C9H12N4O2S2. The van der Waals surface area contributed by atoms with E-state index in [4.69, 9.17) is 5.73 Å². The Bertz CT molecular complexity index is 574. The third-order valence-electron chi connectivity index (χ3n) is 2.16. The van der Waals surface area contributed by atoms with Crippen molar-refractivity contribution >= 4 is 21.4 Å². The summed E-state index contributed by atoms with van der Waals surface area (Å²) in [6.45, 7) is 0.564. The highest BCUT2D eigenvalue weighted by Gasteiger charge is 2.15. The van der Waals surface area contributed by atoms with Crippen molar-refractivity contribution in [3.8, 4) is 0 Å². The summed E-state index contributed by atoms with van der Waals surface area (Å²) in [6, 6.07) is 1.59. The monoisotopic (exact) mass is 272 g/mol. The second kappa shape index (κ2) is 4.96. The van der Waals surface area contributed by atoms with Crippen molar-refractivity contribution in [1.82, 2.24) is 14.9 Å². The average Bonchev–Trinajstić information content (AvgIpc) is 2.98. The first kappa shape index (κ1) is 12.2. The first-order chi connectivity index (χ1) is 8.12. The van der Waals surface area contributed by atoms with Crippen molar-refractivity contribution in [2.45, 2.75) is 18.0 Å². The highest BCUT2D eigenvalue weighted by atomic mass is 32.2. The van der Waals surface area contributed by atoms with Gasteiger partial charge in [-0.05, 0) is 6.07 Å². The minimum atomic E-state index is -3.46. The Hall–Kier alpha value is -1.22. The average molecular weight is 272 g/mol. The van der Waals surface area contributed by atoms with E-state index in [9.17, 15) is 8.42 Å². The number of aromatic amines is 1. The van der Waals surface area contributed by atoms with E-state index in [0.29, 0.717) is 6.54 Å². The van der Waals surface area contributed by atoms with Crippen molar-refractivity contribution in [3.63, 3.8) is 0 Å². The normalized spacial score (nSPS) is 11.8. The van der Waals surface area contributed by atoms with E-state index in [1.807, 2.05) is 0 Å². The van der Waals surface area contributed by atoms with Gasteiger partial charge >= 0.3 is 0 Å². The van der Waals surface area contributed by atoms with Gasteiger partial charge in [0.05, 0.1) is 11.1 Å². The van der Waals surface area contributed by atoms with Crippen LogP contribution in [0.25, 0.3) is 0 Å². The molecule has 0 spiro atoms. The lowest BCUT2D eigenvalue weighted by atomic mass is 10.4. The number of H-pyrrole nitrogens is 1. The molecule has 0 saturated heterocycles. The number of thiophene rings is 1.